The van der Waals surface area contributed by atoms with Crippen molar-refractivity contribution in [1.82, 2.24) is 0 Å². The molecule has 0 radical (unpaired) electrons. The average molecular weight is 412 g/mol. The van der Waals surface area contributed by atoms with Gasteiger partial charge in [-0.05, 0) is 46.9 Å². The lowest BCUT2D eigenvalue weighted by atomic mass is 9.74. The van der Waals surface area contributed by atoms with E-state index in [0.717, 1.165) is 33.4 Å². The Labute approximate surface area is 181 Å². The van der Waals surface area contributed by atoms with Gasteiger partial charge in [0, 0.05) is 11.3 Å². The first-order valence-electron chi connectivity index (χ1n) is 10.5. The lowest BCUT2D eigenvalue weighted by molar-refractivity contribution is -0.151. The molecule has 2 N–H and O–H groups in total. The Kier molecular flexibility index (Phi) is 4.74. The van der Waals surface area contributed by atoms with Gasteiger partial charge in [0.2, 0.25) is 0 Å². The highest BCUT2D eigenvalue weighted by Gasteiger charge is 2.44. The van der Waals surface area contributed by atoms with E-state index in [4.69, 9.17) is 4.74 Å². The van der Waals surface area contributed by atoms with Gasteiger partial charge in [0.1, 0.15) is 5.92 Å². The second-order valence-electron chi connectivity index (χ2n) is 8.29. The van der Waals surface area contributed by atoms with Crippen LogP contribution in [-0.2, 0) is 14.3 Å². The molecule has 156 valence electrons. The molecular formula is C26H24N2O3. The molecule has 0 saturated heterocycles. The standard InChI is InChI=1S/C26H24N2O3/c1-15-13-21-23(25(29)22(15)26(30)31-2)24(28-20-10-6-5-9-19(20)27-21)18-12-11-16-7-3-4-8-17(16)14-18/h3-12,14-15,22,24,27-28H,13H2,1-2H3/t15-,22+,24+/m1/s1. The van der Waals surface area contributed by atoms with Gasteiger partial charge in [0.25, 0.3) is 0 Å². The van der Waals surface area contributed by atoms with Gasteiger partial charge in [-0.2, -0.15) is 0 Å². The summed E-state index contributed by atoms with van der Waals surface area (Å²) in [5.74, 6) is -1.58. The number of ether oxygens (including phenoxy) is 1. The number of methoxy groups -OCH3 is 1. The van der Waals surface area contributed by atoms with E-state index in [1.54, 1.807) is 0 Å². The van der Waals surface area contributed by atoms with E-state index < -0.39 is 11.9 Å². The zero-order valence-corrected chi connectivity index (χ0v) is 17.5. The molecule has 0 bridgehead atoms. The molecule has 5 heteroatoms. The van der Waals surface area contributed by atoms with E-state index in [1.165, 1.54) is 7.11 Å². The lowest BCUT2D eigenvalue weighted by Crippen LogP contribution is -2.39. The van der Waals surface area contributed by atoms with Crippen LogP contribution < -0.4 is 10.6 Å². The maximum Gasteiger partial charge on any atom is 0.316 e. The Bertz CT molecular complexity index is 1230. The first-order chi connectivity index (χ1) is 15.1. The molecule has 3 aromatic rings. The third-order valence-corrected chi connectivity index (χ3v) is 6.33. The number of para-hydroxylation sites is 2. The van der Waals surface area contributed by atoms with Crippen molar-refractivity contribution in [3.8, 4) is 0 Å². The van der Waals surface area contributed by atoms with Crippen molar-refractivity contribution in [2.75, 3.05) is 17.7 Å². The number of benzene rings is 3. The first-order valence-corrected chi connectivity index (χ1v) is 10.5. The van der Waals surface area contributed by atoms with E-state index in [0.29, 0.717) is 12.0 Å². The number of fused-ring (bicyclic) bond motifs is 2. The van der Waals surface area contributed by atoms with E-state index >= 15 is 0 Å². The van der Waals surface area contributed by atoms with E-state index in [-0.39, 0.29) is 17.7 Å². The third kappa shape index (κ3) is 3.26. The first kappa shape index (κ1) is 19.4. The maximum atomic E-state index is 13.7. The number of ketones is 1. The number of anilines is 2. The van der Waals surface area contributed by atoms with Crippen LogP contribution in [0.25, 0.3) is 10.8 Å². The van der Waals surface area contributed by atoms with Crippen LogP contribution in [0.3, 0.4) is 0 Å². The normalized spacial score (nSPS) is 22.6. The minimum Gasteiger partial charge on any atom is -0.468 e. The molecule has 1 aliphatic carbocycles. The minimum absolute atomic E-state index is 0.145. The van der Waals surface area contributed by atoms with Crippen molar-refractivity contribution in [3.63, 3.8) is 0 Å². The van der Waals surface area contributed by atoms with Gasteiger partial charge in [-0.3, -0.25) is 9.59 Å². The van der Waals surface area contributed by atoms with Gasteiger partial charge < -0.3 is 15.4 Å². The second-order valence-corrected chi connectivity index (χ2v) is 8.29. The van der Waals surface area contributed by atoms with E-state index in [1.807, 2.05) is 43.3 Å². The molecule has 3 atom stereocenters. The highest BCUT2D eigenvalue weighted by atomic mass is 16.5. The average Bonchev–Trinajstić information content (AvgIpc) is 2.95. The van der Waals surface area contributed by atoms with Gasteiger partial charge in [-0.1, -0.05) is 55.5 Å². The van der Waals surface area contributed by atoms with Crippen LogP contribution in [0.2, 0.25) is 0 Å². The number of Topliss-reactive ketones (excluding diaryl/α,β-unsaturated/α-hetero) is 1. The number of rotatable bonds is 2. The van der Waals surface area contributed by atoms with Crippen molar-refractivity contribution in [2.24, 2.45) is 11.8 Å². The Hall–Kier alpha value is -3.60. The molecule has 0 spiro atoms. The van der Waals surface area contributed by atoms with Gasteiger partial charge in [0.15, 0.2) is 5.78 Å². The lowest BCUT2D eigenvalue weighted by Gasteiger charge is -2.32. The molecule has 0 unspecified atom stereocenters. The zero-order chi connectivity index (χ0) is 21.5. The predicted octanol–water partition coefficient (Wildman–Crippen LogP) is 5.07. The molecule has 5 nitrogen and oxygen atoms in total. The van der Waals surface area contributed by atoms with Crippen LogP contribution in [0.15, 0.2) is 78.0 Å². The van der Waals surface area contributed by atoms with Gasteiger partial charge in [0.05, 0.1) is 24.5 Å². The summed E-state index contributed by atoms with van der Waals surface area (Å²) in [6, 6.07) is 22.0. The van der Waals surface area contributed by atoms with E-state index in [9.17, 15) is 9.59 Å². The fourth-order valence-corrected chi connectivity index (χ4v) is 4.77. The van der Waals surface area contributed by atoms with Crippen molar-refractivity contribution in [2.45, 2.75) is 19.4 Å². The smallest absolute Gasteiger partial charge is 0.316 e. The van der Waals surface area contributed by atoms with Crippen LogP contribution >= 0.6 is 0 Å². The topological polar surface area (TPSA) is 67.4 Å². The number of carbonyl (C=O) groups is 2. The number of allylic oxidation sites excluding steroid dienone is 1. The molecular weight excluding hydrogens is 388 g/mol. The highest BCUT2D eigenvalue weighted by molar-refractivity contribution is 6.11. The summed E-state index contributed by atoms with van der Waals surface area (Å²) in [4.78, 5) is 26.2. The molecule has 0 saturated carbocycles. The molecule has 3 aromatic carbocycles. The zero-order valence-electron chi connectivity index (χ0n) is 17.5. The summed E-state index contributed by atoms with van der Waals surface area (Å²) in [7, 11) is 1.34. The third-order valence-electron chi connectivity index (χ3n) is 6.33. The summed E-state index contributed by atoms with van der Waals surface area (Å²) >= 11 is 0. The Morgan fingerprint density at radius 1 is 0.968 bits per heavy atom. The molecule has 0 amide bonds. The van der Waals surface area contributed by atoms with Crippen molar-refractivity contribution in [3.05, 3.63) is 83.6 Å². The molecule has 1 aliphatic heterocycles. The highest BCUT2D eigenvalue weighted by Crippen LogP contribution is 2.44. The summed E-state index contributed by atoms with van der Waals surface area (Å²) < 4.78 is 4.98. The predicted molar refractivity (Wildman–Crippen MR) is 122 cm³/mol. The maximum absolute atomic E-state index is 13.7. The van der Waals surface area contributed by atoms with Gasteiger partial charge in [-0.25, -0.2) is 0 Å². The van der Waals surface area contributed by atoms with Crippen molar-refractivity contribution in [1.29, 1.82) is 0 Å². The molecule has 0 aromatic heterocycles. The molecule has 31 heavy (non-hydrogen) atoms. The minimum atomic E-state index is -0.795. The van der Waals surface area contributed by atoms with Crippen LogP contribution in [-0.4, -0.2) is 18.9 Å². The van der Waals surface area contributed by atoms with Crippen molar-refractivity contribution >= 4 is 33.9 Å². The van der Waals surface area contributed by atoms with Crippen molar-refractivity contribution < 1.29 is 14.3 Å². The number of carbonyl (C=O) groups excluding carboxylic acids is 2. The Morgan fingerprint density at radius 2 is 1.68 bits per heavy atom. The fraction of sp³-hybridized carbons (Fsp3) is 0.231. The van der Waals surface area contributed by atoms with Gasteiger partial charge >= 0.3 is 5.97 Å². The monoisotopic (exact) mass is 412 g/mol. The Balaban J connectivity index is 1.69. The van der Waals surface area contributed by atoms with Crippen LogP contribution in [0, 0.1) is 11.8 Å². The van der Waals surface area contributed by atoms with Crippen LogP contribution in [0.4, 0.5) is 11.4 Å². The summed E-state index contributed by atoms with van der Waals surface area (Å²) in [5.41, 5.74) is 4.31. The number of hydrogen-bond donors (Lipinski definition) is 2. The quantitative estimate of drug-likeness (QED) is 0.454. The SMILES string of the molecule is COC(=O)[C@@H]1C(=O)C2=C(C[C@H]1C)Nc1ccccc1N[C@H]2c1ccc2ccccc2c1. The second kappa shape index (κ2) is 7.58. The number of esters is 1. The summed E-state index contributed by atoms with van der Waals surface area (Å²) in [6.07, 6.45) is 0.598. The van der Waals surface area contributed by atoms with E-state index in [2.05, 4.69) is 41.0 Å². The molecule has 2 aliphatic rings. The molecule has 1 heterocycles. The largest absolute Gasteiger partial charge is 0.468 e. The van der Waals surface area contributed by atoms with Crippen LogP contribution in [0.5, 0.6) is 0 Å². The summed E-state index contributed by atoms with van der Waals surface area (Å²) in [5, 5.41) is 9.30. The van der Waals surface area contributed by atoms with Gasteiger partial charge in [-0.15, -0.1) is 0 Å². The molecule has 5 rings (SSSR count). The van der Waals surface area contributed by atoms with Crippen LogP contribution in [0.1, 0.15) is 24.9 Å². The number of hydrogen-bond acceptors (Lipinski definition) is 5. The Morgan fingerprint density at radius 3 is 2.45 bits per heavy atom. The molecule has 0 fully saturated rings. The fourth-order valence-electron chi connectivity index (χ4n) is 4.77. The number of nitrogens with one attached hydrogen (secondary N) is 2. The summed E-state index contributed by atoms with van der Waals surface area (Å²) in [6.45, 7) is 1.93.